The number of carbonyl (C=O) groups excluding carboxylic acids is 2. The number of amides is 2. The Balaban J connectivity index is 1.42. The minimum absolute atomic E-state index is 0.122. The van der Waals surface area contributed by atoms with Gasteiger partial charge in [0.15, 0.2) is 6.61 Å². The van der Waals surface area contributed by atoms with Crippen LogP contribution in [-0.4, -0.2) is 23.4 Å². The van der Waals surface area contributed by atoms with Gasteiger partial charge in [0.25, 0.3) is 5.91 Å². The largest absolute Gasteiger partial charge is 0.484 e. The van der Waals surface area contributed by atoms with Gasteiger partial charge in [0.1, 0.15) is 5.75 Å². The van der Waals surface area contributed by atoms with E-state index in [2.05, 4.69) is 16.4 Å². The van der Waals surface area contributed by atoms with E-state index in [0.29, 0.717) is 17.0 Å². The van der Waals surface area contributed by atoms with Gasteiger partial charge in [-0.25, -0.2) is 0 Å². The number of aromatic amines is 1. The van der Waals surface area contributed by atoms with Crippen LogP contribution in [0.15, 0.2) is 66.7 Å². The quantitative estimate of drug-likeness (QED) is 0.509. The van der Waals surface area contributed by atoms with Crippen molar-refractivity contribution in [3.05, 3.63) is 72.3 Å². The molecule has 0 radical (unpaired) electrons. The zero-order valence-corrected chi connectivity index (χ0v) is 14.4. The van der Waals surface area contributed by atoms with Crippen molar-refractivity contribution in [3.63, 3.8) is 0 Å². The number of nitrogens with one attached hydrogen (secondary N) is 2. The van der Waals surface area contributed by atoms with E-state index in [4.69, 9.17) is 10.5 Å². The molecule has 4 N–H and O–H groups in total. The van der Waals surface area contributed by atoms with Gasteiger partial charge in [-0.05, 0) is 42.5 Å². The van der Waals surface area contributed by atoms with Gasteiger partial charge in [0.05, 0.1) is 5.52 Å². The second-order valence-electron chi connectivity index (χ2n) is 6.16. The lowest BCUT2D eigenvalue weighted by Crippen LogP contribution is -2.20. The first kappa shape index (κ1) is 16.7. The number of H-pyrrole nitrogens is 1. The molecule has 4 rings (SSSR count). The van der Waals surface area contributed by atoms with Gasteiger partial charge in [-0.3, -0.25) is 9.59 Å². The average Bonchev–Trinajstić information content (AvgIpc) is 3.04. The lowest BCUT2D eigenvalue weighted by atomic mass is 10.1. The second kappa shape index (κ2) is 6.84. The number of benzene rings is 3. The Morgan fingerprint density at radius 3 is 2.44 bits per heavy atom. The minimum atomic E-state index is -0.511. The van der Waals surface area contributed by atoms with E-state index < -0.39 is 5.91 Å². The average molecular weight is 359 g/mol. The van der Waals surface area contributed by atoms with Crippen molar-refractivity contribution in [1.29, 1.82) is 0 Å². The summed E-state index contributed by atoms with van der Waals surface area (Å²) >= 11 is 0. The molecule has 1 heterocycles. The van der Waals surface area contributed by atoms with Crippen LogP contribution < -0.4 is 15.8 Å². The molecule has 0 spiro atoms. The maximum atomic E-state index is 12.1. The Morgan fingerprint density at radius 1 is 0.926 bits per heavy atom. The van der Waals surface area contributed by atoms with Crippen LogP contribution in [0, 0.1) is 0 Å². The third-order valence-corrected chi connectivity index (χ3v) is 4.30. The van der Waals surface area contributed by atoms with E-state index in [1.165, 1.54) is 0 Å². The van der Waals surface area contributed by atoms with Gasteiger partial charge >= 0.3 is 0 Å². The van der Waals surface area contributed by atoms with Crippen molar-refractivity contribution in [3.8, 4) is 5.75 Å². The number of hydrogen-bond acceptors (Lipinski definition) is 3. The van der Waals surface area contributed by atoms with Crippen molar-refractivity contribution < 1.29 is 14.3 Å². The molecule has 0 bridgehead atoms. The number of hydrogen-bond donors (Lipinski definition) is 3. The van der Waals surface area contributed by atoms with E-state index >= 15 is 0 Å². The zero-order chi connectivity index (χ0) is 18.8. The SMILES string of the molecule is NC(=O)c1ccc(NC(=O)COc2ccc3c(c2)[nH]c2ccccc23)cc1. The Hall–Kier alpha value is -3.80. The molecule has 3 aromatic carbocycles. The monoisotopic (exact) mass is 359 g/mol. The van der Waals surface area contributed by atoms with Gasteiger partial charge in [0, 0.05) is 33.6 Å². The number of ether oxygens (including phenoxy) is 1. The third-order valence-electron chi connectivity index (χ3n) is 4.30. The summed E-state index contributed by atoms with van der Waals surface area (Å²) in [6.07, 6.45) is 0. The van der Waals surface area contributed by atoms with Crippen LogP contribution in [0.3, 0.4) is 0 Å². The fraction of sp³-hybridized carbons (Fsp3) is 0.0476. The number of primary amides is 1. The van der Waals surface area contributed by atoms with E-state index in [1.807, 2.05) is 36.4 Å². The molecule has 1 aromatic heterocycles. The first-order valence-electron chi connectivity index (χ1n) is 8.43. The molecule has 134 valence electrons. The highest BCUT2D eigenvalue weighted by Gasteiger charge is 2.08. The summed E-state index contributed by atoms with van der Waals surface area (Å²) in [7, 11) is 0. The Labute approximate surface area is 154 Å². The molecule has 0 atom stereocenters. The number of anilines is 1. The molecule has 2 amide bonds. The fourth-order valence-corrected chi connectivity index (χ4v) is 2.99. The summed E-state index contributed by atoms with van der Waals surface area (Å²) in [6, 6.07) is 20.1. The van der Waals surface area contributed by atoms with Gasteiger partial charge in [-0.2, -0.15) is 0 Å². The summed E-state index contributed by atoms with van der Waals surface area (Å²) in [6.45, 7) is -0.122. The molecular weight excluding hydrogens is 342 g/mol. The predicted octanol–water partition coefficient (Wildman–Crippen LogP) is 3.44. The van der Waals surface area contributed by atoms with Gasteiger partial charge in [-0.1, -0.05) is 18.2 Å². The maximum Gasteiger partial charge on any atom is 0.262 e. The normalized spacial score (nSPS) is 10.8. The molecule has 0 saturated heterocycles. The summed E-state index contributed by atoms with van der Waals surface area (Å²) < 4.78 is 5.60. The third kappa shape index (κ3) is 3.46. The summed E-state index contributed by atoms with van der Waals surface area (Å²) in [5.74, 6) is -0.199. The number of carbonyl (C=O) groups is 2. The van der Waals surface area contributed by atoms with E-state index in [1.54, 1.807) is 24.3 Å². The molecule has 6 nitrogen and oxygen atoms in total. The van der Waals surface area contributed by atoms with Crippen molar-refractivity contribution in [2.45, 2.75) is 0 Å². The zero-order valence-electron chi connectivity index (χ0n) is 14.4. The van der Waals surface area contributed by atoms with Crippen LogP contribution in [0.5, 0.6) is 5.75 Å². The molecular formula is C21H17N3O3. The van der Waals surface area contributed by atoms with Gasteiger partial charge < -0.3 is 20.8 Å². The highest BCUT2D eigenvalue weighted by Crippen LogP contribution is 2.28. The van der Waals surface area contributed by atoms with E-state index in [0.717, 1.165) is 21.8 Å². The number of rotatable bonds is 5. The summed E-state index contributed by atoms with van der Waals surface area (Å²) in [5, 5.41) is 4.97. The number of aromatic nitrogens is 1. The van der Waals surface area contributed by atoms with Crippen LogP contribution in [0.4, 0.5) is 5.69 Å². The lowest BCUT2D eigenvalue weighted by Gasteiger charge is -2.08. The Morgan fingerprint density at radius 2 is 1.67 bits per heavy atom. The number of fused-ring (bicyclic) bond motifs is 3. The van der Waals surface area contributed by atoms with Crippen LogP contribution in [0.1, 0.15) is 10.4 Å². The molecule has 4 aromatic rings. The van der Waals surface area contributed by atoms with E-state index in [-0.39, 0.29) is 12.5 Å². The van der Waals surface area contributed by atoms with E-state index in [9.17, 15) is 9.59 Å². The van der Waals surface area contributed by atoms with Gasteiger partial charge in [-0.15, -0.1) is 0 Å². The smallest absolute Gasteiger partial charge is 0.262 e. The lowest BCUT2D eigenvalue weighted by molar-refractivity contribution is -0.118. The maximum absolute atomic E-state index is 12.1. The fourth-order valence-electron chi connectivity index (χ4n) is 2.99. The van der Waals surface area contributed by atoms with Crippen LogP contribution in [-0.2, 0) is 4.79 Å². The molecule has 27 heavy (non-hydrogen) atoms. The highest BCUT2D eigenvalue weighted by atomic mass is 16.5. The predicted molar refractivity (Wildman–Crippen MR) is 105 cm³/mol. The molecule has 6 heteroatoms. The van der Waals surface area contributed by atoms with Crippen LogP contribution in [0.2, 0.25) is 0 Å². The minimum Gasteiger partial charge on any atom is -0.484 e. The van der Waals surface area contributed by atoms with Crippen molar-refractivity contribution >= 4 is 39.3 Å². The Kier molecular flexibility index (Phi) is 4.22. The van der Waals surface area contributed by atoms with Crippen LogP contribution in [0.25, 0.3) is 21.8 Å². The first-order valence-corrected chi connectivity index (χ1v) is 8.43. The van der Waals surface area contributed by atoms with Crippen molar-refractivity contribution in [1.82, 2.24) is 4.98 Å². The second-order valence-corrected chi connectivity index (χ2v) is 6.16. The molecule has 0 aliphatic heterocycles. The molecule has 0 unspecified atom stereocenters. The van der Waals surface area contributed by atoms with Crippen molar-refractivity contribution in [2.75, 3.05) is 11.9 Å². The molecule has 0 saturated carbocycles. The molecule has 0 aliphatic rings. The summed E-state index contributed by atoms with van der Waals surface area (Å²) in [5.41, 5.74) is 8.16. The number of para-hydroxylation sites is 1. The molecule has 0 aliphatic carbocycles. The first-order chi connectivity index (χ1) is 13.1. The van der Waals surface area contributed by atoms with Crippen molar-refractivity contribution in [2.24, 2.45) is 5.73 Å². The number of nitrogens with two attached hydrogens (primary N) is 1. The summed E-state index contributed by atoms with van der Waals surface area (Å²) in [4.78, 5) is 26.5. The van der Waals surface area contributed by atoms with Crippen LogP contribution >= 0.6 is 0 Å². The Bertz CT molecular complexity index is 1150. The topological polar surface area (TPSA) is 97.2 Å². The van der Waals surface area contributed by atoms with Gasteiger partial charge in [0.2, 0.25) is 5.91 Å². The highest BCUT2D eigenvalue weighted by molar-refractivity contribution is 6.07. The molecule has 0 fully saturated rings. The standard InChI is InChI=1S/C21H17N3O3/c22-21(26)13-5-7-14(8-6-13)23-20(25)12-27-15-9-10-17-16-3-1-2-4-18(16)24-19(17)11-15/h1-11,24H,12H2,(H2,22,26)(H,23,25).